The van der Waals surface area contributed by atoms with Gasteiger partial charge in [0.2, 0.25) is 0 Å². The van der Waals surface area contributed by atoms with E-state index in [1.165, 1.54) is 16.7 Å². The SMILES string of the molecule is Clc1cc(Cc2ccccc2)c(CCBr)cc1Br. The second-order valence-corrected chi connectivity index (χ2v) is 6.19. The molecule has 18 heavy (non-hydrogen) atoms. The maximum absolute atomic E-state index is 6.19. The molecule has 94 valence electrons. The van der Waals surface area contributed by atoms with Crippen molar-refractivity contribution in [2.45, 2.75) is 12.8 Å². The van der Waals surface area contributed by atoms with Gasteiger partial charge in [0, 0.05) is 9.80 Å². The van der Waals surface area contributed by atoms with Crippen LogP contribution in [0, 0.1) is 0 Å². The lowest BCUT2D eigenvalue weighted by atomic mass is 9.98. The third-order valence-electron chi connectivity index (χ3n) is 2.84. The molecule has 0 saturated heterocycles. The minimum Gasteiger partial charge on any atom is -0.0924 e. The first-order valence-electron chi connectivity index (χ1n) is 5.77. The Morgan fingerprint density at radius 2 is 1.72 bits per heavy atom. The Morgan fingerprint density at radius 1 is 1.00 bits per heavy atom. The Hall–Kier alpha value is -0.310. The molecule has 0 nitrogen and oxygen atoms in total. The van der Waals surface area contributed by atoms with Crippen molar-refractivity contribution in [3.63, 3.8) is 0 Å². The van der Waals surface area contributed by atoms with E-state index in [-0.39, 0.29) is 0 Å². The molecular weight excluding hydrogens is 375 g/mol. The van der Waals surface area contributed by atoms with Crippen LogP contribution in [-0.2, 0) is 12.8 Å². The number of rotatable bonds is 4. The van der Waals surface area contributed by atoms with Gasteiger partial charge in [-0.1, -0.05) is 57.9 Å². The van der Waals surface area contributed by atoms with Gasteiger partial charge in [-0.05, 0) is 57.6 Å². The second kappa shape index (κ2) is 6.74. The number of benzene rings is 2. The summed E-state index contributed by atoms with van der Waals surface area (Å²) < 4.78 is 0.969. The fraction of sp³-hybridized carbons (Fsp3) is 0.200. The number of hydrogen-bond donors (Lipinski definition) is 0. The highest BCUT2D eigenvalue weighted by molar-refractivity contribution is 9.10. The van der Waals surface area contributed by atoms with Crippen LogP contribution >= 0.6 is 43.5 Å². The van der Waals surface area contributed by atoms with E-state index in [4.69, 9.17) is 11.6 Å². The summed E-state index contributed by atoms with van der Waals surface area (Å²) in [5, 5.41) is 1.74. The number of alkyl halides is 1. The maximum atomic E-state index is 6.19. The molecular formula is C15H13Br2Cl. The van der Waals surface area contributed by atoms with Crippen molar-refractivity contribution in [1.82, 2.24) is 0 Å². The van der Waals surface area contributed by atoms with E-state index >= 15 is 0 Å². The molecule has 3 heteroatoms. The summed E-state index contributed by atoms with van der Waals surface area (Å²) in [7, 11) is 0. The van der Waals surface area contributed by atoms with E-state index in [1.807, 2.05) is 6.07 Å². The predicted molar refractivity (Wildman–Crippen MR) is 85.9 cm³/mol. The van der Waals surface area contributed by atoms with Gasteiger partial charge >= 0.3 is 0 Å². The summed E-state index contributed by atoms with van der Waals surface area (Å²) in [6, 6.07) is 14.7. The van der Waals surface area contributed by atoms with Crippen LogP contribution in [0.5, 0.6) is 0 Å². The van der Waals surface area contributed by atoms with Crippen LogP contribution in [0.3, 0.4) is 0 Å². The molecule has 0 radical (unpaired) electrons. The molecule has 0 aliphatic carbocycles. The van der Waals surface area contributed by atoms with Gasteiger partial charge in [0.25, 0.3) is 0 Å². The highest BCUT2D eigenvalue weighted by Crippen LogP contribution is 2.28. The molecule has 2 rings (SSSR count). The van der Waals surface area contributed by atoms with Gasteiger partial charge in [-0.25, -0.2) is 0 Å². The molecule has 0 N–H and O–H groups in total. The van der Waals surface area contributed by atoms with Gasteiger partial charge in [0.05, 0.1) is 5.02 Å². The van der Waals surface area contributed by atoms with Crippen LogP contribution in [0.1, 0.15) is 16.7 Å². The Morgan fingerprint density at radius 3 is 2.39 bits per heavy atom. The zero-order valence-electron chi connectivity index (χ0n) is 9.80. The van der Waals surface area contributed by atoms with Crippen molar-refractivity contribution >= 4 is 43.5 Å². The van der Waals surface area contributed by atoms with E-state index in [1.54, 1.807) is 0 Å². The average Bonchev–Trinajstić information content (AvgIpc) is 2.37. The fourth-order valence-corrected chi connectivity index (χ4v) is 2.95. The van der Waals surface area contributed by atoms with Gasteiger partial charge < -0.3 is 0 Å². The summed E-state index contributed by atoms with van der Waals surface area (Å²) in [5.41, 5.74) is 3.95. The molecule has 0 saturated carbocycles. The molecule has 2 aromatic carbocycles. The molecule has 0 aromatic heterocycles. The van der Waals surface area contributed by atoms with Crippen LogP contribution in [0.15, 0.2) is 46.9 Å². The van der Waals surface area contributed by atoms with E-state index in [0.717, 1.165) is 27.7 Å². The fourth-order valence-electron chi connectivity index (χ4n) is 1.94. The highest BCUT2D eigenvalue weighted by atomic mass is 79.9. The van der Waals surface area contributed by atoms with Crippen molar-refractivity contribution in [2.24, 2.45) is 0 Å². The first-order chi connectivity index (χ1) is 8.70. The molecule has 0 unspecified atom stereocenters. The molecule has 0 bridgehead atoms. The summed E-state index contributed by atoms with van der Waals surface area (Å²) in [4.78, 5) is 0. The minimum atomic E-state index is 0.777. The van der Waals surface area contributed by atoms with Crippen molar-refractivity contribution in [3.8, 4) is 0 Å². The Bertz CT molecular complexity index is 524. The van der Waals surface area contributed by atoms with Crippen LogP contribution < -0.4 is 0 Å². The zero-order chi connectivity index (χ0) is 13.0. The van der Waals surface area contributed by atoms with E-state index in [9.17, 15) is 0 Å². The van der Waals surface area contributed by atoms with E-state index in [2.05, 4.69) is 68.3 Å². The summed E-state index contributed by atoms with van der Waals surface area (Å²) >= 11 is 13.2. The average molecular weight is 389 g/mol. The van der Waals surface area contributed by atoms with Crippen LogP contribution in [0.25, 0.3) is 0 Å². The minimum absolute atomic E-state index is 0.777. The summed E-state index contributed by atoms with van der Waals surface area (Å²) in [6.07, 6.45) is 1.94. The second-order valence-electron chi connectivity index (χ2n) is 4.14. The van der Waals surface area contributed by atoms with Gasteiger partial charge in [0.1, 0.15) is 0 Å². The van der Waals surface area contributed by atoms with Gasteiger partial charge in [-0.3, -0.25) is 0 Å². The summed E-state index contributed by atoms with van der Waals surface area (Å²) in [6.45, 7) is 0. The molecule has 0 amide bonds. The molecule has 0 atom stereocenters. The zero-order valence-corrected chi connectivity index (χ0v) is 13.7. The van der Waals surface area contributed by atoms with Gasteiger partial charge in [-0.2, -0.15) is 0 Å². The molecule has 0 spiro atoms. The lowest BCUT2D eigenvalue weighted by Gasteiger charge is -2.11. The third kappa shape index (κ3) is 3.59. The van der Waals surface area contributed by atoms with Crippen molar-refractivity contribution in [3.05, 3.63) is 68.7 Å². The third-order valence-corrected chi connectivity index (χ3v) is 4.44. The van der Waals surface area contributed by atoms with Gasteiger partial charge in [0.15, 0.2) is 0 Å². The van der Waals surface area contributed by atoms with Gasteiger partial charge in [-0.15, -0.1) is 0 Å². The lowest BCUT2D eigenvalue weighted by molar-refractivity contribution is 1.07. The first-order valence-corrected chi connectivity index (χ1v) is 8.06. The maximum Gasteiger partial charge on any atom is 0.0551 e. The number of halogens is 3. The quantitative estimate of drug-likeness (QED) is 0.596. The van der Waals surface area contributed by atoms with Crippen molar-refractivity contribution < 1.29 is 0 Å². The van der Waals surface area contributed by atoms with Crippen molar-refractivity contribution in [1.29, 1.82) is 0 Å². The molecule has 0 aliphatic heterocycles. The first kappa shape index (κ1) is 14.1. The molecule has 2 aromatic rings. The van der Waals surface area contributed by atoms with Crippen LogP contribution in [0.4, 0.5) is 0 Å². The smallest absolute Gasteiger partial charge is 0.0551 e. The van der Waals surface area contributed by atoms with E-state index < -0.39 is 0 Å². The Kier molecular flexibility index (Phi) is 5.28. The molecule has 0 aliphatic rings. The topological polar surface area (TPSA) is 0 Å². The largest absolute Gasteiger partial charge is 0.0924 e. The Labute approximate surface area is 130 Å². The normalized spacial score (nSPS) is 10.6. The van der Waals surface area contributed by atoms with E-state index in [0.29, 0.717) is 0 Å². The predicted octanol–water partition coefficient (Wildman–Crippen LogP) is 5.63. The standard InChI is InChI=1S/C15H13Br2Cl/c16-7-6-12-9-14(17)15(18)10-13(12)8-11-4-2-1-3-5-11/h1-5,9-10H,6-8H2. The monoisotopic (exact) mass is 386 g/mol. The molecule has 0 heterocycles. The number of aryl methyl sites for hydroxylation is 1. The highest BCUT2D eigenvalue weighted by Gasteiger charge is 2.07. The number of hydrogen-bond acceptors (Lipinski definition) is 0. The summed E-state index contributed by atoms with van der Waals surface area (Å²) in [5.74, 6) is 0. The van der Waals surface area contributed by atoms with Crippen molar-refractivity contribution in [2.75, 3.05) is 5.33 Å². The molecule has 0 fully saturated rings. The Balaban J connectivity index is 2.33. The lowest BCUT2D eigenvalue weighted by Crippen LogP contribution is -1.97. The van der Waals surface area contributed by atoms with Crippen LogP contribution in [-0.4, -0.2) is 5.33 Å². The van der Waals surface area contributed by atoms with Crippen LogP contribution in [0.2, 0.25) is 5.02 Å².